The molecule has 0 aliphatic rings. The molecule has 0 saturated heterocycles. The summed E-state index contributed by atoms with van der Waals surface area (Å²) in [7, 11) is 0. The number of benzene rings is 1. The first-order valence-electron chi connectivity index (χ1n) is 7.77. The van der Waals surface area contributed by atoms with Gasteiger partial charge in [-0.15, -0.1) is 0 Å². The number of rotatable bonds is 7. The molecule has 2 rings (SSSR count). The average molecular weight is 375 g/mol. The molecule has 0 aliphatic carbocycles. The fourth-order valence-electron chi connectivity index (χ4n) is 1.96. The number of halogens is 2. The number of hydrogen-bond donors (Lipinski definition) is 1. The molecule has 1 aromatic carbocycles. The van der Waals surface area contributed by atoms with Crippen LogP contribution >= 0.6 is 0 Å². The molecule has 0 bridgehead atoms. The number of alkyl halides is 2. The van der Waals surface area contributed by atoms with Crippen molar-refractivity contribution in [3.8, 4) is 11.8 Å². The Morgan fingerprint density at radius 1 is 1.30 bits per heavy atom. The highest BCUT2D eigenvalue weighted by Gasteiger charge is 2.20. The SMILES string of the molecule is C[C@@H](OC(=O)c1cncc(OCC(F)F)c1)C(=O)Nc1cccc(C#N)c1. The summed E-state index contributed by atoms with van der Waals surface area (Å²) in [6, 6.07) is 9.37. The molecule has 0 unspecified atom stereocenters. The monoisotopic (exact) mass is 375 g/mol. The Bertz CT molecular complexity index is 868. The van der Waals surface area contributed by atoms with E-state index in [0.717, 1.165) is 0 Å². The normalized spacial score (nSPS) is 11.4. The number of ether oxygens (including phenoxy) is 2. The smallest absolute Gasteiger partial charge is 0.340 e. The van der Waals surface area contributed by atoms with Gasteiger partial charge in [-0.05, 0) is 31.2 Å². The Morgan fingerprint density at radius 3 is 2.78 bits per heavy atom. The highest BCUT2D eigenvalue weighted by Crippen LogP contribution is 2.15. The van der Waals surface area contributed by atoms with Crippen LogP contribution < -0.4 is 10.1 Å². The first-order valence-corrected chi connectivity index (χ1v) is 7.77. The zero-order valence-corrected chi connectivity index (χ0v) is 14.2. The third kappa shape index (κ3) is 6.04. The van der Waals surface area contributed by atoms with Gasteiger partial charge >= 0.3 is 5.97 Å². The number of aromatic nitrogens is 1. The molecule has 1 atom stereocenters. The minimum absolute atomic E-state index is 0.0184. The second-order valence-corrected chi connectivity index (χ2v) is 5.34. The summed E-state index contributed by atoms with van der Waals surface area (Å²) in [6.07, 6.45) is -1.46. The molecule has 1 N–H and O–H groups in total. The lowest BCUT2D eigenvalue weighted by Gasteiger charge is -2.14. The summed E-state index contributed by atoms with van der Waals surface area (Å²) in [5, 5.41) is 11.4. The van der Waals surface area contributed by atoms with Crippen LogP contribution in [0.15, 0.2) is 42.7 Å². The van der Waals surface area contributed by atoms with E-state index in [9.17, 15) is 18.4 Å². The van der Waals surface area contributed by atoms with E-state index in [1.807, 2.05) is 6.07 Å². The summed E-state index contributed by atoms with van der Waals surface area (Å²) in [5.74, 6) is -1.48. The predicted octanol–water partition coefficient (Wildman–Crippen LogP) is 2.78. The lowest BCUT2D eigenvalue weighted by atomic mass is 10.2. The third-order valence-electron chi connectivity index (χ3n) is 3.24. The second kappa shape index (κ2) is 9.24. The van der Waals surface area contributed by atoms with E-state index < -0.39 is 31.0 Å². The van der Waals surface area contributed by atoms with Gasteiger partial charge in [0.15, 0.2) is 6.10 Å². The number of hydrogen-bond acceptors (Lipinski definition) is 6. The maximum atomic E-state index is 12.2. The van der Waals surface area contributed by atoms with Crippen LogP contribution in [-0.4, -0.2) is 36.0 Å². The zero-order chi connectivity index (χ0) is 19.8. The topological polar surface area (TPSA) is 101 Å². The Kier molecular flexibility index (Phi) is 6.77. The first-order chi connectivity index (χ1) is 12.9. The van der Waals surface area contributed by atoms with Crippen LogP contribution in [-0.2, 0) is 9.53 Å². The van der Waals surface area contributed by atoms with E-state index in [1.54, 1.807) is 18.2 Å². The maximum Gasteiger partial charge on any atom is 0.340 e. The van der Waals surface area contributed by atoms with Crippen LogP contribution in [0.5, 0.6) is 5.75 Å². The molecule has 1 heterocycles. The van der Waals surface area contributed by atoms with Gasteiger partial charge < -0.3 is 14.8 Å². The van der Waals surface area contributed by atoms with E-state index in [4.69, 9.17) is 14.7 Å². The van der Waals surface area contributed by atoms with Crippen molar-refractivity contribution in [1.82, 2.24) is 4.98 Å². The van der Waals surface area contributed by atoms with Crippen molar-refractivity contribution >= 4 is 17.6 Å². The Balaban J connectivity index is 1.97. The molecule has 1 aromatic heterocycles. The molecule has 0 spiro atoms. The van der Waals surface area contributed by atoms with Gasteiger partial charge in [0.25, 0.3) is 12.3 Å². The predicted molar refractivity (Wildman–Crippen MR) is 90.4 cm³/mol. The van der Waals surface area contributed by atoms with E-state index in [1.165, 1.54) is 31.5 Å². The van der Waals surface area contributed by atoms with Crippen LogP contribution in [0.4, 0.5) is 14.5 Å². The molecule has 0 fully saturated rings. The van der Waals surface area contributed by atoms with Gasteiger partial charge in [-0.2, -0.15) is 5.26 Å². The van der Waals surface area contributed by atoms with Crippen molar-refractivity contribution < 1.29 is 27.8 Å². The highest BCUT2D eigenvalue weighted by molar-refractivity contribution is 5.97. The number of anilines is 1. The van der Waals surface area contributed by atoms with Gasteiger partial charge in [-0.1, -0.05) is 6.07 Å². The largest absolute Gasteiger partial charge is 0.486 e. The fourth-order valence-corrected chi connectivity index (χ4v) is 1.96. The van der Waals surface area contributed by atoms with Gasteiger partial charge in [0.1, 0.15) is 12.4 Å². The number of nitriles is 1. The number of carbonyl (C=O) groups excluding carboxylic acids is 2. The molecule has 0 saturated carbocycles. The van der Waals surface area contributed by atoms with Crippen LogP contribution in [0, 0.1) is 11.3 Å². The Hall–Kier alpha value is -3.54. The van der Waals surface area contributed by atoms with Crippen LogP contribution in [0.3, 0.4) is 0 Å². The van der Waals surface area contributed by atoms with Crippen molar-refractivity contribution in [2.45, 2.75) is 19.5 Å². The van der Waals surface area contributed by atoms with Gasteiger partial charge in [0, 0.05) is 11.9 Å². The van der Waals surface area contributed by atoms with Crippen molar-refractivity contribution in [2.24, 2.45) is 0 Å². The summed E-state index contributed by atoms with van der Waals surface area (Å²) < 4.78 is 34.2. The molecule has 27 heavy (non-hydrogen) atoms. The number of amides is 1. The molecule has 0 aliphatic heterocycles. The number of nitrogens with one attached hydrogen (secondary N) is 1. The lowest BCUT2D eigenvalue weighted by Crippen LogP contribution is -2.30. The zero-order valence-electron chi connectivity index (χ0n) is 14.2. The Labute approximate surface area is 153 Å². The maximum absolute atomic E-state index is 12.2. The fraction of sp³-hybridized carbons (Fsp3) is 0.222. The van der Waals surface area contributed by atoms with Crippen LogP contribution in [0.2, 0.25) is 0 Å². The van der Waals surface area contributed by atoms with Crippen molar-refractivity contribution in [3.05, 3.63) is 53.9 Å². The summed E-state index contributed by atoms with van der Waals surface area (Å²) >= 11 is 0. The third-order valence-corrected chi connectivity index (χ3v) is 3.24. The molecule has 0 radical (unpaired) electrons. The second-order valence-electron chi connectivity index (χ2n) is 5.34. The van der Waals surface area contributed by atoms with Gasteiger partial charge in [0.05, 0.1) is 23.4 Å². The van der Waals surface area contributed by atoms with Crippen LogP contribution in [0.25, 0.3) is 0 Å². The van der Waals surface area contributed by atoms with Gasteiger partial charge in [-0.25, -0.2) is 13.6 Å². The van der Waals surface area contributed by atoms with Gasteiger partial charge in [-0.3, -0.25) is 9.78 Å². The highest BCUT2D eigenvalue weighted by atomic mass is 19.3. The lowest BCUT2D eigenvalue weighted by molar-refractivity contribution is -0.123. The molecule has 7 nitrogen and oxygen atoms in total. The van der Waals surface area contributed by atoms with E-state index >= 15 is 0 Å². The molecular formula is C18H15F2N3O4. The van der Waals surface area contributed by atoms with E-state index in [-0.39, 0.29) is 11.3 Å². The number of esters is 1. The first kappa shape index (κ1) is 19.8. The van der Waals surface area contributed by atoms with Crippen molar-refractivity contribution in [2.75, 3.05) is 11.9 Å². The Morgan fingerprint density at radius 2 is 2.07 bits per heavy atom. The number of nitrogens with zero attached hydrogens (tertiary/aromatic N) is 2. The number of pyridine rings is 1. The standard InChI is InChI=1S/C18H15F2N3O4/c1-11(17(24)23-14-4-2-3-12(5-14)7-21)27-18(25)13-6-15(9-22-8-13)26-10-16(19)20/h2-6,8-9,11,16H,10H2,1H3,(H,23,24)/t11-/m1/s1. The molecule has 9 heteroatoms. The van der Waals surface area contributed by atoms with Crippen LogP contribution in [0.1, 0.15) is 22.8 Å². The molecular weight excluding hydrogens is 360 g/mol. The minimum atomic E-state index is -2.66. The molecule has 2 aromatic rings. The average Bonchev–Trinajstić information content (AvgIpc) is 2.66. The van der Waals surface area contributed by atoms with Crippen molar-refractivity contribution in [3.63, 3.8) is 0 Å². The number of carbonyl (C=O) groups is 2. The van der Waals surface area contributed by atoms with Crippen molar-refractivity contribution in [1.29, 1.82) is 5.26 Å². The quantitative estimate of drug-likeness (QED) is 0.747. The minimum Gasteiger partial charge on any atom is -0.486 e. The van der Waals surface area contributed by atoms with Gasteiger partial charge in [0.2, 0.25) is 0 Å². The molecule has 140 valence electrons. The summed E-state index contributed by atoms with van der Waals surface area (Å²) in [6.45, 7) is 0.534. The van der Waals surface area contributed by atoms with E-state index in [0.29, 0.717) is 11.3 Å². The summed E-state index contributed by atoms with van der Waals surface area (Å²) in [4.78, 5) is 28.0. The molecule has 1 amide bonds. The summed E-state index contributed by atoms with van der Waals surface area (Å²) in [5.41, 5.74) is 0.697. The van der Waals surface area contributed by atoms with E-state index in [2.05, 4.69) is 10.3 Å².